The van der Waals surface area contributed by atoms with Crippen molar-refractivity contribution in [3.05, 3.63) is 0 Å². The van der Waals surface area contributed by atoms with E-state index >= 15 is 0 Å². The third kappa shape index (κ3) is 122. The predicted octanol–water partition coefficient (Wildman–Crippen LogP) is 0.257. The van der Waals surface area contributed by atoms with Crippen LogP contribution in [0.15, 0.2) is 0 Å². The van der Waals surface area contributed by atoms with E-state index in [1.54, 1.807) is 0 Å². The molecule has 0 unspecified atom stereocenters. The van der Waals surface area contributed by atoms with Crippen LogP contribution in [-0.4, -0.2) is 25.0 Å². The van der Waals surface area contributed by atoms with Crippen LogP contribution in [0.4, 0.5) is 0 Å². The van der Waals surface area contributed by atoms with Crippen molar-refractivity contribution in [1.29, 1.82) is 0 Å². The summed E-state index contributed by atoms with van der Waals surface area (Å²) in [5.74, 6) is 0. The standard InChI is InChI=1S/3CH3.2H2O.Sb/h3*1H3;2*1H2;/q;;;;;+2/p-2. The average molecular weight is 201 g/mol. The minimum atomic E-state index is -3.69. The SMILES string of the molecule is [CH3][Sb]([CH3])([CH3])([OH])[OH]. The molecule has 0 aliphatic rings. The fourth-order valence-electron chi connectivity index (χ4n) is 0. The topological polar surface area (TPSA) is 40.5 Å². The molecule has 0 heterocycles. The molecule has 0 aliphatic heterocycles. The van der Waals surface area contributed by atoms with Crippen LogP contribution in [0.1, 0.15) is 0 Å². The summed E-state index contributed by atoms with van der Waals surface area (Å²) in [6, 6.07) is 0. The Morgan fingerprint density at radius 1 is 1.00 bits per heavy atom. The quantitative estimate of drug-likeness (QED) is 0.551. The second-order valence-electron chi connectivity index (χ2n) is 2.63. The number of rotatable bonds is 0. The Bertz CT molecular complexity index is 42.0. The van der Waals surface area contributed by atoms with Gasteiger partial charge in [-0.3, -0.25) is 0 Å². The Kier molecular flexibility index (Phi) is 1.25. The van der Waals surface area contributed by atoms with E-state index in [0.717, 1.165) is 0 Å². The molecule has 0 bridgehead atoms. The molecule has 0 radical (unpaired) electrons. The molecule has 0 fully saturated rings. The van der Waals surface area contributed by atoms with Gasteiger partial charge < -0.3 is 0 Å². The van der Waals surface area contributed by atoms with Gasteiger partial charge in [0.25, 0.3) is 0 Å². The first-order valence-electron chi connectivity index (χ1n) is 1.74. The second-order valence-corrected chi connectivity index (χ2v) is 17.6. The van der Waals surface area contributed by atoms with Gasteiger partial charge in [0.2, 0.25) is 0 Å². The van der Waals surface area contributed by atoms with Gasteiger partial charge in [-0.25, -0.2) is 0 Å². The zero-order valence-electron chi connectivity index (χ0n) is 4.34. The van der Waals surface area contributed by atoms with Gasteiger partial charge in [0, 0.05) is 0 Å². The van der Waals surface area contributed by atoms with E-state index in [0.29, 0.717) is 0 Å². The summed E-state index contributed by atoms with van der Waals surface area (Å²) in [5, 5.41) is 0. The molecule has 0 spiro atoms. The fraction of sp³-hybridized carbons (Fsp3) is 1.00. The summed E-state index contributed by atoms with van der Waals surface area (Å²) in [6.45, 7) is 0. The molecule has 2 N–H and O–H groups in total. The maximum atomic E-state index is 8.74. The molecule has 0 aromatic rings. The van der Waals surface area contributed by atoms with E-state index < -0.39 is 18.2 Å². The van der Waals surface area contributed by atoms with Gasteiger partial charge in [0.05, 0.1) is 0 Å². The molecule has 0 atom stereocenters. The second kappa shape index (κ2) is 1.12. The van der Waals surface area contributed by atoms with Crippen LogP contribution in [0.25, 0.3) is 0 Å². The summed E-state index contributed by atoms with van der Waals surface area (Å²) in [5.41, 5.74) is 0. The average Bonchev–Trinajstić information content (AvgIpc) is 0.650. The summed E-state index contributed by atoms with van der Waals surface area (Å²) in [4.78, 5) is 4.56. The monoisotopic (exact) mass is 200 g/mol. The summed E-state index contributed by atoms with van der Waals surface area (Å²) < 4.78 is 17.5. The fourth-order valence-corrected chi connectivity index (χ4v) is 0. The zero-order valence-corrected chi connectivity index (χ0v) is 6.89. The molecule has 6 heavy (non-hydrogen) atoms. The number of hydrogen-bond donors (Lipinski definition) is 2. The predicted molar refractivity (Wildman–Crippen MR) is 27.8 cm³/mol. The minimum absolute atomic E-state index is 1.52. The third-order valence-electron chi connectivity index (χ3n) is 0. The van der Waals surface area contributed by atoms with Crippen molar-refractivity contribution in [2.45, 2.75) is 14.6 Å². The van der Waals surface area contributed by atoms with E-state index in [9.17, 15) is 0 Å². The van der Waals surface area contributed by atoms with Crippen molar-refractivity contribution in [1.82, 2.24) is 0 Å². The van der Waals surface area contributed by atoms with Crippen molar-refractivity contribution >= 4 is 18.2 Å². The molecule has 0 amide bonds. The Morgan fingerprint density at radius 2 is 1.00 bits per heavy atom. The van der Waals surface area contributed by atoms with Gasteiger partial charge in [-0.15, -0.1) is 0 Å². The van der Waals surface area contributed by atoms with E-state index in [4.69, 9.17) is 6.77 Å². The van der Waals surface area contributed by atoms with E-state index in [2.05, 4.69) is 0 Å². The summed E-state index contributed by atoms with van der Waals surface area (Å²) >= 11 is -3.69. The van der Waals surface area contributed by atoms with Crippen molar-refractivity contribution in [3.8, 4) is 0 Å². The van der Waals surface area contributed by atoms with Crippen LogP contribution in [0, 0.1) is 0 Å². The van der Waals surface area contributed by atoms with Crippen LogP contribution < -0.4 is 0 Å². The first-order valence-corrected chi connectivity index (χ1v) is 11.7. The maximum absolute atomic E-state index is 8.74. The first-order chi connectivity index (χ1) is 2.24. The molecular formula is C3H11O2Sb. The third-order valence-corrected chi connectivity index (χ3v) is 0. The molecule has 0 aromatic heterocycles. The zero-order chi connectivity index (χ0) is 5.45. The van der Waals surface area contributed by atoms with Crippen LogP contribution in [0.5, 0.6) is 0 Å². The van der Waals surface area contributed by atoms with E-state index in [1.807, 2.05) is 0 Å². The molecule has 0 aromatic carbocycles. The molecule has 0 saturated carbocycles. The van der Waals surface area contributed by atoms with Gasteiger partial charge in [0.1, 0.15) is 0 Å². The van der Waals surface area contributed by atoms with Crippen molar-refractivity contribution in [2.24, 2.45) is 0 Å². The van der Waals surface area contributed by atoms with Gasteiger partial charge in [-0.2, -0.15) is 0 Å². The molecule has 3 heteroatoms. The van der Waals surface area contributed by atoms with Crippen molar-refractivity contribution in [3.63, 3.8) is 0 Å². The summed E-state index contributed by atoms with van der Waals surface area (Å²) in [6.07, 6.45) is 0. The van der Waals surface area contributed by atoms with Crippen LogP contribution in [0.3, 0.4) is 0 Å². The number of hydrogen-bond acceptors (Lipinski definition) is 2. The molecule has 2 nitrogen and oxygen atoms in total. The summed E-state index contributed by atoms with van der Waals surface area (Å²) in [7, 11) is 0. The van der Waals surface area contributed by atoms with Gasteiger partial charge in [-0.1, -0.05) is 0 Å². The van der Waals surface area contributed by atoms with Gasteiger partial charge >= 0.3 is 39.6 Å². The van der Waals surface area contributed by atoms with Gasteiger partial charge in [0.15, 0.2) is 0 Å². The Morgan fingerprint density at radius 3 is 1.00 bits per heavy atom. The Labute approximate surface area is 40.0 Å². The Hall–Kier alpha value is 0.738. The molecule has 0 rings (SSSR count). The van der Waals surface area contributed by atoms with E-state index in [1.165, 1.54) is 14.6 Å². The van der Waals surface area contributed by atoms with E-state index in [-0.39, 0.29) is 0 Å². The molecule has 0 saturated heterocycles. The van der Waals surface area contributed by atoms with Crippen LogP contribution in [0.2, 0.25) is 14.6 Å². The van der Waals surface area contributed by atoms with Crippen molar-refractivity contribution < 1.29 is 6.77 Å². The first kappa shape index (κ1) is 6.74. The van der Waals surface area contributed by atoms with Crippen molar-refractivity contribution in [2.75, 3.05) is 0 Å². The normalized spacial score (nSPS) is 19.2. The Balaban J connectivity index is 3.73. The van der Waals surface area contributed by atoms with Gasteiger partial charge in [-0.05, 0) is 0 Å². The van der Waals surface area contributed by atoms with Crippen LogP contribution in [-0.2, 0) is 0 Å². The molecule has 40 valence electrons. The van der Waals surface area contributed by atoms with Crippen LogP contribution >= 0.6 is 0 Å². The molecule has 0 aliphatic carbocycles. The molecular weight excluding hydrogens is 190 g/mol.